The number of carbonyl (C=O) groups excluding carboxylic acids is 1. The zero-order chi connectivity index (χ0) is 14.0. The van der Waals surface area contributed by atoms with Gasteiger partial charge in [0.25, 0.3) is 0 Å². The zero-order valence-corrected chi connectivity index (χ0v) is 7.63. The van der Waals surface area contributed by atoms with Gasteiger partial charge in [-0.3, -0.25) is 4.79 Å². The first-order valence-electron chi connectivity index (χ1n) is 3.72. The summed E-state index contributed by atoms with van der Waals surface area (Å²) in [7, 11) is 0. The number of carboxylic acid groups (broad SMARTS) is 1. The van der Waals surface area contributed by atoms with Crippen molar-refractivity contribution in [3.8, 4) is 0 Å². The number of carboxylic acids is 1. The van der Waals surface area contributed by atoms with Crippen molar-refractivity contribution in [2.24, 2.45) is 0 Å². The van der Waals surface area contributed by atoms with Gasteiger partial charge in [-0.05, 0) is 0 Å². The summed E-state index contributed by atoms with van der Waals surface area (Å²) < 4.78 is 71.2. The van der Waals surface area contributed by atoms with Crippen molar-refractivity contribution in [2.45, 2.75) is 24.5 Å². The molecule has 0 aliphatic rings. The summed E-state index contributed by atoms with van der Waals surface area (Å²) in [5.74, 6) is -5.42. The summed E-state index contributed by atoms with van der Waals surface area (Å²) in [5.41, 5.74) is 0. The maximum atomic E-state index is 12.1. The highest BCUT2D eigenvalue weighted by molar-refractivity contribution is 5.83. The van der Waals surface area contributed by atoms with Gasteiger partial charge < -0.3 is 15.5 Å². The van der Waals surface area contributed by atoms with Gasteiger partial charge in [-0.25, -0.2) is 4.79 Å². The van der Waals surface area contributed by atoms with Gasteiger partial charge in [0.15, 0.2) is 12.1 Å². The summed E-state index contributed by atoms with van der Waals surface area (Å²) in [6, 6.07) is -3.55. The number of amides is 1. The molecule has 2 atom stereocenters. The molecule has 0 unspecified atom stereocenters. The van der Waals surface area contributed by atoms with Crippen LogP contribution in [0.15, 0.2) is 0 Å². The van der Waals surface area contributed by atoms with E-state index >= 15 is 0 Å². The van der Waals surface area contributed by atoms with Gasteiger partial charge in [0, 0.05) is 0 Å². The molecule has 0 aromatic heterocycles. The van der Waals surface area contributed by atoms with Crippen molar-refractivity contribution in [1.82, 2.24) is 5.32 Å². The number of alkyl halides is 6. The lowest BCUT2D eigenvalue weighted by atomic mass is 10.1. The topological polar surface area (TPSA) is 86.6 Å². The molecule has 1 amide bonds. The van der Waals surface area contributed by atoms with Crippen molar-refractivity contribution in [3.63, 3.8) is 0 Å². The summed E-state index contributed by atoms with van der Waals surface area (Å²) in [6.45, 7) is 0. The van der Waals surface area contributed by atoms with Gasteiger partial charge in [0.05, 0.1) is 0 Å². The van der Waals surface area contributed by atoms with Gasteiger partial charge in [-0.1, -0.05) is 0 Å². The molecule has 100 valence electrons. The summed E-state index contributed by atoms with van der Waals surface area (Å²) in [6.07, 6.45) is -14.4. The Bertz CT molecular complexity index is 311. The van der Waals surface area contributed by atoms with Crippen LogP contribution in [0.25, 0.3) is 0 Å². The molecule has 3 N–H and O–H groups in total. The summed E-state index contributed by atoms with van der Waals surface area (Å²) in [5, 5.41) is 16.9. The Labute approximate surface area is 89.0 Å². The van der Waals surface area contributed by atoms with Crippen LogP contribution in [0.3, 0.4) is 0 Å². The molecule has 0 radical (unpaired) electrons. The standard InChI is InChI=1S/C6H5F6NO4/c7-5(8,9)2(1(14)3(15)16)13-4(17)6(10,11)12/h1-2,14H,(H,13,17)(H,15,16)/t1-,2+/m0/s1. The number of carbonyl (C=O) groups is 2. The maximum Gasteiger partial charge on any atom is 0.471 e. The molecule has 0 heterocycles. The third-order valence-corrected chi connectivity index (χ3v) is 1.47. The Morgan fingerprint density at radius 2 is 1.47 bits per heavy atom. The Morgan fingerprint density at radius 1 is 1.06 bits per heavy atom. The Balaban J connectivity index is 4.99. The minimum Gasteiger partial charge on any atom is -0.479 e. The molecule has 5 nitrogen and oxygen atoms in total. The number of nitrogens with one attached hydrogen (secondary N) is 1. The average Bonchev–Trinajstić information content (AvgIpc) is 2.08. The highest BCUT2D eigenvalue weighted by Gasteiger charge is 2.51. The number of rotatable bonds is 3. The molecule has 0 bridgehead atoms. The molecule has 0 aromatic rings. The molecule has 0 fully saturated rings. The Morgan fingerprint density at radius 3 is 1.71 bits per heavy atom. The third-order valence-electron chi connectivity index (χ3n) is 1.47. The number of halogens is 6. The van der Waals surface area contributed by atoms with Gasteiger partial charge in [0.1, 0.15) is 0 Å². The van der Waals surface area contributed by atoms with E-state index in [1.807, 2.05) is 0 Å². The minimum atomic E-state index is -5.62. The van der Waals surface area contributed by atoms with Crippen molar-refractivity contribution in [1.29, 1.82) is 0 Å². The lowest BCUT2D eigenvalue weighted by molar-refractivity contribution is -0.201. The van der Waals surface area contributed by atoms with Gasteiger partial charge >= 0.3 is 24.2 Å². The molecule has 0 saturated heterocycles. The molecule has 0 aliphatic heterocycles. The predicted octanol–water partition coefficient (Wildman–Crippen LogP) is 0.0413. The molecular weight excluding hydrogens is 264 g/mol. The summed E-state index contributed by atoms with van der Waals surface area (Å²) in [4.78, 5) is 20.2. The van der Waals surface area contributed by atoms with E-state index in [1.54, 1.807) is 0 Å². The van der Waals surface area contributed by atoms with Crippen LogP contribution in [0.1, 0.15) is 0 Å². The van der Waals surface area contributed by atoms with E-state index < -0.39 is 36.4 Å². The average molecular weight is 269 g/mol. The van der Waals surface area contributed by atoms with Crippen LogP contribution in [0.4, 0.5) is 26.3 Å². The fourth-order valence-corrected chi connectivity index (χ4v) is 0.705. The first-order valence-corrected chi connectivity index (χ1v) is 3.72. The van der Waals surface area contributed by atoms with Crippen LogP contribution >= 0.6 is 0 Å². The largest absolute Gasteiger partial charge is 0.479 e. The van der Waals surface area contributed by atoms with Gasteiger partial charge in [-0.2, -0.15) is 26.3 Å². The van der Waals surface area contributed by atoms with E-state index in [4.69, 9.17) is 10.2 Å². The third kappa shape index (κ3) is 4.46. The van der Waals surface area contributed by atoms with Crippen LogP contribution < -0.4 is 5.32 Å². The normalized spacial score (nSPS) is 16.2. The van der Waals surface area contributed by atoms with Crippen molar-refractivity contribution >= 4 is 11.9 Å². The number of aliphatic carboxylic acids is 1. The number of aliphatic hydroxyl groups is 1. The molecule has 0 rings (SSSR count). The second-order valence-corrected chi connectivity index (χ2v) is 2.77. The monoisotopic (exact) mass is 269 g/mol. The van der Waals surface area contributed by atoms with E-state index in [0.717, 1.165) is 0 Å². The van der Waals surface area contributed by atoms with Gasteiger partial charge in [0.2, 0.25) is 0 Å². The molecule has 0 spiro atoms. The number of aliphatic hydroxyl groups excluding tert-OH is 1. The van der Waals surface area contributed by atoms with Crippen LogP contribution in [-0.4, -0.2) is 46.6 Å². The van der Waals surface area contributed by atoms with E-state index in [9.17, 15) is 35.9 Å². The minimum absolute atomic E-state index is 0.358. The fraction of sp³-hybridized carbons (Fsp3) is 0.667. The molecular formula is C6H5F6NO4. The predicted molar refractivity (Wildman–Crippen MR) is 37.7 cm³/mol. The smallest absolute Gasteiger partial charge is 0.471 e. The van der Waals surface area contributed by atoms with E-state index in [0.29, 0.717) is 5.32 Å². The van der Waals surface area contributed by atoms with Crippen LogP contribution in [0.2, 0.25) is 0 Å². The van der Waals surface area contributed by atoms with Crippen LogP contribution in [0.5, 0.6) is 0 Å². The first-order chi connectivity index (χ1) is 7.37. The molecule has 17 heavy (non-hydrogen) atoms. The maximum absolute atomic E-state index is 12.1. The second kappa shape index (κ2) is 4.77. The zero-order valence-electron chi connectivity index (χ0n) is 7.63. The molecule has 0 aliphatic carbocycles. The Kier molecular flexibility index (Phi) is 4.35. The van der Waals surface area contributed by atoms with E-state index in [1.165, 1.54) is 0 Å². The fourth-order valence-electron chi connectivity index (χ4n) is 0.705. The molecule has 11 heteroatoms. The van der Waals surface area contributed by atoms with E-state index in [-0.39, 0.29) is 0 Å². The highest BCUT2D eigenvalue weighted by atomic mass is 19.4. The lowest BCUT2D eigenvalue weighted by Gasteiger charge is -2.24. The lowest BCUT2D eigenvalue weighted by Crippen LogP contribution is -2.57. The highest BCUT2D eigenvalue weighted by Crippen LogP contribution is 2.24. The van der Waals surface area contributed by atoms with E-state index in [2.05, 4.69) is 0 Å². The van der Waals surface area contributed by atoms with Crippen molar-refractivity contribution < 1.29 is 46.1 Å². The second-order valence-electron chi connectivity index (χ2n) is 2.77. The molecule has 0 aromatic carbocycles. The summed E-state index contributed by atoms with van der Waals surface area (Å²) >= 11 is 0. The van der Waals surface area contributed by atoms with Crippen LogP contribution in [-0.2, 0) is 9.59 Å². The molecule has 0 saturated carbocycles. The van der Waals surface area contributed by atoms with Crippen LogP contribution in [0, 0.1) is 0 Å². The number of hydrogen-bond acceptors (Lipinski definition) is 3. The van der Waals surface area contributed by atoms with Gasteiger partial charge in [-0.15, -0.1) is 0 Å². The SMILES string of the molecule is O=C(O)[C@@H](O)[C@@H](NC(=O)C(F)(F)F)C(F)(F)F. The van der Waals surface area contributed by atoms with Crippen molar-refractivity contribution in [2.75, 3.05) is 0 Å². The number of hydrogen-bond donors (Lipinski definition) is 3. The van der Waals surface area contributed by atoms with Crippen molar-refractivity contribution in [3.05, 3.63) is 0 Å². The quantitative estimate of drug-likeness (QED) is 0.631. The Hall–Kier alpha value is -1.52. The first kappa shape index (κ1) is 15.5.